The Morgan fingerprint density at radius 2 is 1.68 bits per heavy atom. The van der Waals surface area contributed by atoms with Gasteiger partial charge in [0, 0.05) is 5.56 Å². The summed E-state index contributed by atoms with van der Waals surface area (Å²) in [6.07, 6.45) is 0.752. The van der Waals surface area contributed by atoms with Crippen LogP contribution in [0.2, 0.25) is 5.02 Å². The molecule has 0 bridgehead atoms. The predicted octanol–water partition coefficient (Wildman–Crippen LogP) is 2.76. The van der Waals surface area contributed by atoms with Gasteiger partial charge in [-0.05, 0) is 51.7 Å². The van der Waals surface area contributed by atoms with E-state index in [-0.39, 0.29) is 0 Å². The highest BCUT2D eigenvalue weighted by Gasteiger charge is 2.52. The van der Waals surface area contributed by atoms with Crippen LogP contribution in [0.5, 0.6) is 0 Å². The van der Waals surface area contributed by atoms with Crippen molar-refractivity contribution in [3.05, 3.63) is 28.3 Å². The Hall–Kier alpha value is -0.835. The topological polar surface area (TPSA) is 35.5 Å². The van der Waals surface area contributed by atoms with Gasteiger partial charge in [-0.1, -0.05) is 17.7 Å². The van der Waals surface area contributed by atoms with Crippen LogP contribution in [0.3, 0.4) is 0 Å². The third kappa shape index (κ3) is 2.45. The lowest BCUT2D eigenvalue weighted by Gasteiger charge is -2.32. The van der Waals surface area contributed by atoms with Crippen LogP contribution in [-0.4, -0.2) is 24.6 Å². The van der Waals surface area contributed by atoms with Crippen molar-refractivity contribution in [3.8, 4) is 0 Å². The lowest BCUT2D eigenvalue weighted by atomic mass is 9.75. The van der Waals surface area contributed by atoms with Crippen molar-refractivity contribution >= 4 is 30.5 Å². The van der Waals surface area contributed by atoms with E-state index in [1.807, 2.05) is 40.7 Å². The minimum atomic E-state index is -0.567. The van der Waals surface area contributed by atoms with Crippen molar-refractivity contribution in [2.75, 3.05) is 0 Å². The molecule has 0 N–H and O–H groups in total. The first-order chi connectivity index (χ1) is 8.68. The van der Waals surface area contributed by atoms with E-state index in [1.165, 1.54) is 0 Å². The molecule has 1 aromatic carbocycles. The van der Waals surface area contributed by atoms with Crippen molar-refractivity contribution in [3.63, 3.8) is 0 Å². The molecule has 0 aromatic heterocycles. The number of carbonyl (C=O) groups excluding carboxylic acids is 1. The standard InChI is InChI=1S/C14H18BClO3/c1-9-6-11(10(8-17)12(16)7-9)15-18-13(2,3)14(4,5)19-15/h6-8H,1-5H3. The monoisotopic (exact) mass is 280 g/mol. The molecule has 1 aromatic rings. The minimum Gasteiger partial charge on any atom is -0.399 e. The second kappa shape index (κ2) is 4.62. The van der Waals surface area contributed by atoms with E-state index < -0.39 is 18.3 Å². The van der Waals surface area contributed by atoms with E-state index in [1.54, 1.807) is 6.07 Å². The number of aryl methyl sites for hydroxylation is 1. The molecule has 1 fully saturated rings. The summed E-state index contributed by atoms with van der Waals surface area (Å²) in [5.41, 5.74) is 1.23. The van der Waals surface area contributed by atoms with Crippen LogP contribution in [0, 0.1) is 6.92 Å². The molecule has 0 atom stereocenters. The molecule has 19 heavy (non-hydrogen) atoms. The smallest absolute Gasteiger partial charge is 0.399 e. The second-order valence-corrected chi connectivity index (χ2v) is 6.36. The average molecular weight is 281 g/mol. The number of aldehydes is 1. The molecule has 2 rings (SSSR count). The van der Waals surface area contributed by atoms with Crippen molar-refractivity contribution < 1.29 is 14.1 Å². The van der Waals surface area contributed by atoms with Crippen LogP contribution >= 0.6 is 11.6 Å². The molecule has 0 unspecified atom stereocenters. The van der Waals surface area contributed by atoms with Gasteiger partial charge in [0.2, 0.25) is 0 Å². The normalized spacial score (nSPS) is 20.6. The van der Waals surface area contributed by atoms with Crippen LogP contribution < -0.4 is 5.46 Å². The Bertz CT molecular complexity index is 510. The summed E-state index contributed by atoms with van der Waals surface area (Å²) >= 11 is 6.11. The highest BCUT2D eigenvalue weighted by molar-refractivity contribution is 6.64. The molecular formula is C14H18BClO3. The number of halogens is 1. The van der Waals surface area contributed by atoms with Crippen LogP contribution in [0.1, 0.15) is 43.6 Å². The third-order valence-electron chi connectivity index (χ3n) is 3.93. The first-order valence-electron chi connectivity index (χ1n) is 6.29. The Morgan fingerprint density at radius 3 is 2.16 bits per heavy atom. The number of benzene rings is 1. The molecular weight excluding hydrogens is 262 g/mol. The lowest BCUT2D eigenvalue weighted by Crippen LogP contribution is -2.41. The zero-order valence-electron chi connectivity index (χ0n) is 11.9. The minimum absolute atomic E-state index is 0.430. The molecule has 5 heteroatoms. The molecule has 3 nitrogen and oxygen atoms in total. The maximum absolute atomic E-state index is 11.2. The number of hydrogen-bond acceptors (Lipinski definition) is 3. The van der Waals surface area contributed by atoms with Crippen molar-refractivity contribution in [1.82, 2.24) is 0 Å². The van der Waals surface area contributed by atoms with Gasteiger partial charge in [0.05, 0.1) is 16.2 Å². The van der Waals surface area contributed by atoms with Crippen LogP contribution in [-0.2, 0) is 9.31 Å². The van der Waals surface area contributed by atoms with E-state index in [0.29, 0.717) is 16.0 Å². The van der Waals surface area contributed by atoms with Gasteiger partial charge in [-0.15, -0.1) is 0 Å². The van der Waals surface area contributed by atoms with E-state index in [4.69, 9.17) is 20.9 Å². The summed E-state index contributed by atoms with van der Waals surface area (Å²) in [6.45, 7) is 9.83. The summed E-state index contributed by atoms with van der Waals surface area (Å²) in [4.78, 5) is 11.2. The summed E-state index contributed by atoms with van der Waals surface area (Å²) in [5.74, 6) is 0. The van der Waals surface area contributed by atoms with Crippen molar-refractivity contribution in [1.29, 1.82) is 0 Å². The van der Waals surface area contributed by atoms with Crippen LogP contribution in [0.4, 0.5) is 0 Å². The summed E-state index contributed by atoms with van der Waals surface area (Å²) in [7, 11) is -0.567. The average Bonchev–Trinajstić information content (AvgIpc) is 2.47. The van der Waals surface area contributed by atoms with Crippen LogP contribution in [0.25, 0.3) is 0 Å². The number of hydrogen-bond donors (Lipinski definition) is 0. The van der Waals surface area contributed by atoms with Gasteiger partial charge >= 0.3 is 7.12 Å². The highest BCUT2D eigenvalue weighted by atomic mass is 35.5. The summed E-state index contributed by atoms with van der Waals surface area (Å²) < 4.78 is 11.9. The van der Waals surface area contributed by atoms with Crippen molar-refractivity contribution in [2.24, 2.45) is 0 Å². The highest BCUT2D eigenvalue weighted by Crippen LogP contribution is 2.37. The predicted molar refractivity (Wildman–Crippen MR) is 77.3 cm³/mol. The van der Waals surface area contributed by atoms with E-state index >= 15 is 0 Å². The fourth-order valence-corrected chi connectivity index (χ4v) is 2.40. The van der Waals surface area contributed by atoms with E-state index in [9.17, 15) is 4.79 Å². The lowest BCUT2D eigenvalue weighted by molar-refractivity contribution is 0.00578. The summed E-state index contributed by atoms with van der Waals surface area (Å²) in [5, 5.41) is 0.430. The Balaban J connectivity index is 2.47. The van der Waals surface area contributed by atoms with Gasteiger partial charge in [0.15, 0.2) is 6.29 Å². The van der Waals surface area contributed by atoms with Gasteiger partial charge in [0.1, 0.15) is 0 Å². The van der Waals surface area contributed by atoms with Gasteiger partial charge < -0.3 is 9.31 Å². The molecule has 1 heterocycles. The Kier molecular flexibility index (Phi) is 3.54. The number of carbonyl (C=O) groups is 1. The molecule has 102 valence electrons. The maximum atomic E-state index is 11.2. The zero-order valence-corrected chi connectivity index (χ0v) is 12.7. The van der Waals surface area contributed by atoms with E-state index in [0.717, 1.165) is 11.8 Å². The third-order valence-corrected chi connectivity index (χ3v) is 4.24. The van der Waals surface area contributed by atoms with E-state index in [2.05, 4.69) is 0 Å². The first-order valence-corrected chi connectivity index (χ1v) is 6.66. The fraction of sp³-hybridized carbons (Fsp3) is 0.500. The van der Waals surface area contributed by atoms with Gasteiger partial charge in [-0.25, -0.2) is 0 Å². The zero-order chi connectivity index (χ0) is 14.4. The SMILES string of the molecule is Cc1cc(Cl)c(C=O)c(B2OC(C)(C)C(C)(C)O2)c1. The molecule has 0 radical (unpaired) electrons. The van der Waals surface area contributed by atoms with Crippen LogP contribution in [0.15, 0.2) is 12.1 Å². The molecule has 1 aliphatic heterocycles. The Labute approximate surface area is 119 Å². The first kappa shape index (κ1) is 14.6. The fourth-order valence-electron chi connectivity index (χ4n) is 2.07. The molecule has 0 aliphatic carbocycles. The second-order valence-electron chi connectivity index (χ2n) is 5.96. The van der Waals surface area contributed by atoms with Gasteiger partial charge in [-0.2, -0.15) is 0 Å². The van der Waals surface area contributed by atoms with Gasteiger partial charge in [-0.3, -0.25) is 4.79 Å². The van der Waals surface area contributed by atoms with Crippen molar-refractivity contribution in [2.45, 2.75) is 45.8 Å². The number of rotatable bonds is 2. The molecule has 1 aliphatic rings. The van der Waals surface area contributed by atoms with Gasteiger partial charge in [0.25, 0.3) is 0 Å². The maximum Gasteiger partial charge on any atom is 0.495 e. The Morgan fingerprint density at radius 1 is 1.16 bits per heavy atom. The molecule has 0 spiro atoms. The quantitative estimate of drug-likeness (QED) is 0.617. The molecule has 0 amide bonds. The molecule has 0 saturated carbocycles. The molecule has 1 saturated heterocycles. The summed E-state index contributed by atoms with van der Waals surface area (Å²) in [6, 6.07) is 3.65. The largest absolute Gasteiger partial charge is 0.495 e.